The summed E-state index contributed by atoms with van der Waals surface area (Å²) in [4.78, 5) is 24.2. The Balaban J connectivity index is 1.49. The molecule has 2 amide bonds. The first-order valence-corrected chi connectivity index (χ1v) is 11.7. The van der Waals surface area contributed by atoms with Gasteiger partial charge in [0.25, 0.3) is 0 Å². The number of benzene rings is 1. The Kier molecular flexibility index (Phi) is 7.63. The van der Waals surface area contributed by atoms with Gasteiger partial charge in [0.2, 0.25) is 10.0 Å². The van der Waals surface area contributed by atoms with Crippen LogP contribution in [0.15, 0.2) is 35.2 Å². The molecule has 29 heavy (non-hydrogen) atoms. The number of amides is 2. The quantitative estimate of drug-likeness (QED) is 0.638. The molecule has 0 radical (unpaired) electrons. The van der Waals surface area contributed by atoms with Crippen molar-refractivity contribution in [3.05, 3.63) is 30.3 Å². The van der Waals surface area contributed by atoms with E-state index in [1.54, 1.807) is 30.3 Å². The smallest absolute Gasteiger partial charge is 0.309 e. The summed E-state index contributed by atoms with van der Waals surface area (Å²) in [6, 6.07) is 8.21. The minimum atomic E-state index is -3.57. The van der Waals surface area contributed by atoms with Crippen molar-refractivity contribution in [2.24, 2.45) is 0 Å². The van der Waals surface area contributed by atoms with Gasteiger partial charge in [-0.3, -0.25) is 9.59 Å². The minimum Gasteiger partial charge on any atom is -0.376 e. The summed E-state index contributed by atoms with van der Waals surface area (Å²) in [6.07, 6.45) is 4.81. The summed E-state index contributed by atoms with van der Waals surface area (Å²) < 4.78 is 32.9. The molecule has 0 saturated carbocycles. The predicted molar refractivity (Wildman–Crippen MR) is 108 cm³/mol. The average molecular weight is 424 g/mol. The summed E-state index contributed by atoms with van der Waals surface area (Å²) in [5, 5.41) is 5.19. The molecular formula is C20H29N3O5S. The van der Waals surface area contributed by atoms with Crippen LogP contribution in [0.2, 0.25) is 0 Å². The van der Waals surface area contributed by atoms with Gasteiger partial charge in [0, 0.05) is 32.3 Å². The van der Waals surface area contributed by atoms with Crippen molar-refractivity contribution in [1.29, 1.82) is 0 Å². The topological polar surface area (TPSA) is 105 Å². The fourth-order valence-electron chi connectivity index (χ4n) is 3.83. The van der Waals surface area contributed by atoms with Crippen LogP contribution in [-0.4, -0.2) is 62.9 Å². The highest BCUT2D eigenvalue weighted by Crippen LogP contribution is 2.26. The van der Waals surface area contributed by atoms with Gasteiger partial charge in [-0.25, -0.2) is 8.42 Å². The number of carbonyl (C=O) groups is 2. The first-order chi connectivity index (χ1) is 14.0. The number of nitrogens with one attached hydrogen (secondary N) is 2. The number of piperidine rings is 1. The molecule has 1 aromatic carbocycles. The molecule has 2 aliphatic heterocycles. The molecule has 8 nitrogen and oxygen atoms in total. The minimum absolute atomic E-state index is 0.0225. The van der Waals surface area contributed by atoms with Crippen LogP contribution in [-0.2, 0) is 24.3 Å². The summed E-state index contributed by atoms with van der Waals surface area (Å²) >= 11 is 0. The molecule has 0 spiro atoms. The van der Waals surface area contributed by atoms with Gasteiger partial charge < -0.3 is 15.4 Å². The van der Waals surface area contributed by atoms with Crippen LogP contribution >= 0.6 is 0 Å². The van der Waals surface area contributed by atoms with E-state index in [1.165, 1.54) is 4.31 Å². The van der Waals surface area contributed by atoms with Crippen molar-refractivity contribution in [3.8, 4) is 0 Å². The van der Waals surface area contributed by atoms with Crippen molar-refractivity contribution in [1.82, 2.24) is 14.9 Å². The molecule has 3 rings (SSSR count). The first-order valence-electron chi connectivity index (χ1n) is 10.2. The fraction of sp³-hybridized carbons (Fsp3) is 0.600. The van der Waals surface area contributed by atoms with Gasteiger partial charge in [-0.15, -0.1) is 0 Å². The van der Waals surface area contributed by atoms with Gasteiger partial charge in [0.1, 0.15) is 0 Å². The van der Waals surface area contributed by atoms with Crippen LogP contribution in [0, 0.1) is 0 Å². The Morgan fingerprint density at radius 1 is 1.03 bits per heavy atom. The molecule has 2 heterocycles. The van der Waals surface area contributed by atoms with Crippen molar-refractivity contribution in [3.63, 3.8) is 0 Å². The number of carbonyl (C=O) groups excluding carboxylic acids is 2. The highest BCUT2D eigenvalue weighted by atomic mass is 32.2. The van der Waals surface area contributed by atoms with Crippen LogP contribution < -0.4 is 10.6 Å². The fourth-order valence-corrected chi connectivity index (χ4v) is 5.58. The van der Waals surface area contributed by atoms with Gasteiger partial charge in [0.05, 0.1) is 11.0 Å². The average Bonchev–Trinajstić information content (AvgIpc) is 3.26. The Morgan fingerprint density at radius 3 is 2.52 bits per heavy atom. The van der Waals surface area contributed by atoms with E-state index in [-0.39, 0.29) is 23.6 Å². The Labute approximate surface area is 172 Å². The second-order valence-electron chi connectivity index (χ2n) is 7.47. The molecule has 2 aliphatic rings. The lowest BCUT2D eigenvalue weighted by Gasteiger charge is -2.34. The maximum atomic E-state index is 13.0. The van der Waals surface area contributed by atoms with E-state index in [1.807, 2.05) is 0 Å². The van der Waals surface area contributed by atoms with Crippen molar-refractivity contribution < 1.29 is 22.7 Å². The van der Waals surface area contributed by atoms with Gasteiger partial charge >= 0.3 is 11.8 Å². The predicted octanol–water partition coefficient (Wildman–Crippen LogP) is 1.03. The number of hydrogen-bond acceptors (Lipinski definition) is 5. The van der Waals surface area contributed by atoms with E-state index < -0.39 is 21.8 Å². The van der Waals surface area contributed by atoms with Crippen molar-refractivity contribution in [2.75, 3.05) is 26.2 Å². The molecule has 2 fully saturated rings. The number of sulfonamides is 1. The molecule has 0 unspecified atom stereocenters. The van der Waals surface area contributed by atoms with Crippen LogP contribution in [0.4, 0.5) is 0 Å². The molecule has 2 atom stereocenters. The third kappa shape index (κ3) is 5.77. The lowest BCUT2D eigenvalue weighted by Crippen LogP contribution is -2.46. The Hall–Kier alpha value is -1.97. The third-order valence-corrected chi connectivity index (χ3v) is 7.37. The second kappa shape index (κ2) is 10.2. The van der Waals surface area contributed by atoms with E-state index in [2.05, 4.69) is 10.6 Å². The monoisotopic (exact) mass is 423 g/mol. The van der Waals surface area contributed by atoms with Gasteiger partial charge in [-0.1, -0.05) is 24.6 Å². The van der Waals surface area contributed by atoms with Gasteiger partial charge in [-0.05, 0) is 44.2 Å². The van der Waals surface area contributed by atoms with E-state index in [4.69, 9.17) is 4.74 Å². The molecule has 0 bridgehead atoms. The maximum Gasteiger partial charge on any atom is 0.309 e. The second-order valence-corrected chi connectivity index (χ2v) is 9.36. The molecule has 160 valence electrons. The lowest BCUT2D eigenvalue weighted by molar-refractivity contribution is -0.139. The summed E-state index contributed by atoms with van der Waals surface area (Å²) in [5.74, 6) is -1.38. The summed E-state index contributed by atoms with van der Waals surface area (Å²) in [5.41, 5.74) is 0. The molecular weight excluding hydrogens is 394 g/mol. The number of nitrogens with zero attached hydrogens (tertiary/aromatic N) is 1. The SMILES string of the molecule is O=C(NCC[C@H]1CCCCN1S(=O)(=O)c1ccccc1)C(=O)NC[C@@H]1CCCO1. The summed E-state index contributed by atoms with van der Waals surface area (Å²) in [7, 11) is -3.57. The van der Waals surface area contributed by atoms with E-state index in [9.17, 15) is 18.0 Å². The van der Waals surface area contributed by atoms with Gasteiger partial charge in [0.15, 0.2) is 0 Å². The Bertz CT molecular complexity index is 794. The van der Waals surface area contributed by atoms with Crippen LogP contribution in [0.25, 0.3) is 0 Å². The number of hydrogen-bond donors (Lipinski definition) is 2. The zero-order valence-corrected chi connectivity index (χ0v) is 17.3. The van der Waals surface area contributed by atoms with E-state index >= 15 is 0 Å². The lowest BCUT2D eigenvalue weighted by atomic mass is 10.0. The standard InChI is InChI=1S/C20H29N3O5S/c24-19(20(25)22-15-17-8-6-14-28-17)21-12-11-16-7-4-5-13-23(16)29(26,27)18-9-2-1-3-10-18/h1-3,9-10,16-17H,4-8,11-15H2,(H,21,24)(H,22,25)/t16-,17+/m1/s1. The van der Waals surface area contributed by atoms with Crippen LogP contribution in [0.5, 0.6) is 0 Å². The molecule has 2 saturated heterocycles. The van der Waals surface area contributed by atoms with Crippen molar-refractivity contribution >= 4 is 21.8 Å². The zero-order valence-electron chi connectivity index (χ0n) is 16.5. The largest absolute Gasteiger partial charge is 0.376 e. The van der Waals surface area contributed by atoms with Crippen LogP contribution in [0.3, 0.4) is 0 Å². The summed E-state index contributed by atoms with van der Waals surface area (Å²) in [6.45, 7) is 1.74. The van der Waals surface area contributed by atoms with E-state index in [0.717, 1.165) is 32.1 Å². The van der Waals surface area contributed by atoms with E-state index in [0.29, 0.717) is 26.1 Å². The molecule has 0 aromatic heterocycles. The highest BCUT2D eigenvalue weighted by molar-refractivity contribution is 7.89. The van der Waals surface area contributed by atoms with Gasteiger partial charge in [-0.2, -0.15) is 4.31 Å². The Morgan fingerprint density at radius 2 is 1.79 bits per heavy atom. The molecule has 2 N–H and O–H groups in total. The number of ether oxygens (including phenoxy) is 1. The van der Waals surface area contributed by atoms with Crippen LogP contribution in [0.1, 0.15) is 38.5 Å². The van der Waals surface area contributed by atoms with Crippen molar-refractivity contribution in [2.45, 2.75) is 55.6 Å². The number of rotatable bonds is 7. The highest BCUT2D eigenvalue weighted by Gasteiger charge is 2.33. The molecule has 1 aromatic rings. The zero-order chi connectivity index (χ0) is 20.7. The first kappa shape index (κ1) is 21.7. The molecule has 9 heteroatoms. The molecule has 0 aliphatic carbocycles. The third-order valence-electron chi connectivity index (χ3n) is 5.41. The normalized spacial score (nSPS) is 22.9. The maximum absolute atomic E-state index is 13.0.